The third-order valence-electron chi connectivity index (χ3n) is 5.29. The Morgan fingerprint density at radius 2 is 1.71 bits per heavy atom. The highest BCUT2D eigenvalue weighted by Crippen LogP contribution is 2.51. The Bertz CT molecular complexity index is 1150. The molecule has 2 N–H and O–H groups in total. The highest BCUT2D eigenvalue weighted by atomic mass is 32.1. The summed E-state index contributed by atoms with van der Waals surface area (Å²) < 4.78 is 16.0. The van der Waals surface area contributed by atoms with Crippen molar-refractivity contribution in [3.05, 3.63) is 57.8 Å². The van der Waals surface area contributed by atoms with Crippen LogP contribution in [0.1, 0.15) is 32.5 Å². The number of thiophene rings is 1. The normalized spacial score (nSPS) is 15.1. The van der Waals surface area contributed by atoms with Crippen molar-refractivity contribution in [2.75, 3.05) is 26.6 Å². The Kier molecular flexibility index (Phi) is 5.56. The number of rotatable bonds is 6. The van der Waals surface area contributed by atoms with Crippen molar-refractivity contribution in [1.29, 1.82) is 0 Å². The predicted molar refractivity (Wildman–Crippen MR) is 118 cm³/mol. The molecule has 1 amide bonds. The number of amides is 1. The molecule has 1 aliphatic rings. The third-order valence-corrected chi connectivity index (χ3v) is 6.59. The zero-order valence-electron chi connectivity index (χ0n) is 17.2. The zero-order valence-corrected chi connectivity index (χ0v) is 18.0. The number of hydrogen-bond donors (Lipinski definition) is 2. The maximum Gasteiger partial charge on any atom is 0.346 e. The van der Waals surface area contributed by atoms with Gasteiger partial charge in [-0.2, -0.15) is 0 Å². The van der Waals surface area contributed by atoms with Gasteiger partial charge in [-0.05, 0) is 23.8 Å². The van der Waals surface area contributed by atoms with Gasteiger partial charge in [-0.1, -0.05) is 18.2 Å². The molecule has 1 aliphatic heterocycles. The SMILES string of the molecule is COc1ccc(-c2c(C(=O)O)sc3c2NC(=O)CC3c2ccc(OC)cc2OC)cc1. The van der Waals surface area contributed by atoms with Crippen LogP contribution in [0, 0.1) is 0 Å². The molecule has 2 heterocycles. The molecule has 3 aromatic rings. The lowest BCUT2D eigenvalue weighted by atomic mass is 9.88. The number of carbonyl (C=O) groups excluding carboxylic acids is 1. The number of anilines is 1. The number of carboxylic acids is 1. The molecular weight excluding hydrogens is 418 g/mol. The van der Waals surface area contributed by atoms with Gasteiger partial charge in [-0.25, -0.2) is 4.79 Å². The van der Waals surface area contributed by atoms with E-state index in [-0.39, 0.29) is 23.1 Å². The Morgan fingerprint density at radius 1 is 1.03 bits per heavy atom. The first-order valence-electron chi connectivity index (χ1n) is 9.53. The minimum Gasteiger partial charge on any atom is -0.497 e. The molecule has 4 rings (SSSR count). The van der Waals surface area contributed by atoms with Crippen LogP contribution in [0.5, 0.6) is 17.2 Å². The van der Waals surface area contributed by atoms with Crippen LogP contribution in [0.4, 0.5) is 5.69 Å². The first-order chi connectivity index (χ1) is 15.0. The van der Waals surface area contributed by atoms with E-state index in [9.17, 15) is 14.7 Å². The van der Waals surface area contributed by atoms with E-state index in [4.69, 9.17) is 14.2 Å². The van der Waals surface area contributed by atoms with Crippen molar-refractivity contribution in [2.24, 2.45) is 0 Å². The van der Waals surface area contributed by atoms with Gasteiger partial charge in [0, 0.05) is 34.4 Å². The molecule has 0 saturated heterocycles. The quantitative estimate of drug-likeness (QED) is 0.582. The summed E-state index contributed by atoms with van der Waals surface area (Å²) in [4.78, 5) is 25.7. The smallest absolute Gasteiger partial charge is 0.346 e. The van der Waals surface area contributed by atoms with E-state index in [2.05, 4.69) is 5.32 Å². The second-order valence-electron chi connectivity index (χ2n) is 6.99. The molecule has 0 aliphatic carbocycles. The standard InChI is InChI=1S/C23H21NO6S/c1-28-13-6-4-12(5-7-13)19-20-21(31-22(19)23(26)27)16(11-18(25)24-20)15-9-8-14(29-2)10-17(15)30-3/h4-10,16H,11H2,1-3H3,(H,24,25)(H,26,27). The molecule has 8 heteroatoms. The van der Waals surface area contributed by atoms with Crippen LogP contribution in [0.2, 0.25) is 0 Å². The van der Waals surface area contributed by atoms with Crippen LogP contribution >= 0.6 is 11.3 Å². The monoisotopic (exact) mass is 439 g/mol. The molecule has 1 aromatic heterocycles. The van der Waals surface area contributed by atoms with Crippen molar-refractivity contribution >= 4 is 28.9 Å². The summed E-state index contributed by atoms with van der Waals surface area (Å²) in [5, 5.41) is 12.8. The van der Waals surface area contributed by atoms with Gasteiger partial charge in [0.1, 0.15) is 22.1 Å². The fraction of sp³-hybridized carbons (Fsp3) is 0.217. The third kappa shape index (κ3) is 3.70. The lowest BCUT2D eigenvalue weighted by Crippen LogP contribution is -2.22. The summed E-state index contributed by atoms with van der Waals surface area (Å²) in [6, 6.07) is 12.5. The maximum absolute atomic E-state index is 12.7. The Labute approximate surface area is 183 Å². The van der Waals surface area contributed by atoms with Crippen molar-refractivity contribution in [2.45, 2.75) is 12.3 Å². The predicted octanol–water partition coefficient (Wildman–Crippen LogP) is 4.61. The zero-order chi connectivity index (χ0) is 22.1. The van der Waals surface area contributed by atoms with Crippen molar-refractivity contribution in [3.8, 4) is 28.4 Å². The number of carbonyl (C=O) groups is 2. The van der Waals surface area contributed by atoms with Gasteiger partial charge < -0.3 is 24.6 Å². The average Bonchev–Trinajstić information content (AvgIpc) is 3.17. The van der Waals surface area contributed by atoms with E-state index >= 15 is 0 Å². The van der Waals surface area contributed by atoms with Crippen LogP contribution in [0.25, 0.3) is 11.1 Å². The molecule has 7 nitrogen and oxygen atoms in total. The summed E-state index contributed by atoms with van der Waals surface area (Å²) in [6.45, 7) is 0. The van der Waals surface area contributed by atoms with Gasteiger partial charge >= 0.3 is 5.97 Å². The Hall–Kier alpha value is -3.52. The van der Waals surface area contributed by atoms with E-state index < -0.39 is 5.97 Å². The Balaban J connectivity index is 1.91. The number of carboxylic acid groups (broad SMARTS) is 1. The van der Waals surface area contributed by atoms with Crippen molar-refractivity contribution in [3.63, 3.8) is 0 Å². The highest BCUT2D eigenvalue weighted by Gasteiger charge is 2.35. The van der Waals surface area contributed by atoms with Crippen LogP contribution in [0.15, 0.2) is 42.5 Å². The molecule has 31 heavy (non-hydrogen) atoms. The van der Waals surface area contributed by atoms with Crippen molar-refractivity contribution in [1.82, 2.24) is 0 Å². The summed E-state index contributed by atoms with van der Waals surface area (Å²) >= 11 is 1.18. The minimum atomic E-state index is -1.04. The van der Waals surface area contributed by atoms with Gasteiger partial charge in [0.2, 0.25) is 5.91 Å². The number of nitrogens with one attached hydrogen (secondary N) is 1. The highest BCUT2D eigenvalue weighted by molar-refractivity contribution is 7.15. The number of methoxy groups -OCH3 is 3. The van der Waals surface area contributed by atoms with E-state index in [1.165, 1.54) is 11.3 Å². The molecule has 1 unspecified atom stereocenters. The van der Waals surface area contributed by atoms with Crippen LogP contribution < -0.4 is 19.5 Å². The van der Waals surface area contributed by atoms with Gasteiger partial charge in [0.15, 0.2) is 0 Å². The molecule has 160 valence electrons. The number of benzene rings is 2. The summed E-state index contributed by atoms with van der Waals surface area (Å²) in [5.41, 5.74) is 2.53. The molecule has 1 atom stereocenters. The molecule has 0 fully saturated rings. The maximum atomic E-state index is 12.7. The lowest BCUT2D eigenvalue weighted by Gasteiger charge is -2.25. The van der Waals surface area contributed by atoms with E-state index in [1.807, 2.05) is 6.07 Å². The largest absolute Gasteiger partial charge is 0.497 e. The minimum absolute atomic E-state index is 0.176. The number of fused-ring (bicyclic) bond motifs is 1. The lowest BCUT2D eigenvalue weighted by molar-refractivity contribution is -0.116. The van der Waals surface area contributed by atoms with E-state index in [0.29, 0.717) is 34.1 Å². The summed E-state index contributed by atoms with van der Waals surface area (Å²) in [6.07, 6.45) is 0.192. The molecule has 0 radical (unpaired) electrons. The number of aromatic carboxylic acids is 1. The molecule has 0 spiro atoms. The van der Waals surface area contributed by atoms with E-state index in [0.717, 1.165) is 10.4 Å². The van der Waals surface area contributed by atoms with Gasteiger partial charge in [0.25, 0.3) is 0 Å². The van der Waals surface area contributed by atoms with Crippen LogP contribution in [-0.4, -0.2) is 38.3 Å². The average molecular weight is 439 g/mol. The van der Waals surface area contributed by atoms with Gasteiger partial charge in [-0.3, -0.25) is 4.79 Å². The fourth-order valence-electron chi connectivity index (χ4n) is 3.83. The molecule has 2 aromatic carbocycles. The fourth-order valence-corrected chi connectivity index (χ4v) is 5.06. The van der Waals surface area contributed by atoms with Crippen molar-refractivity contribution < 1.29 is 28.9 Å². The van der Waals surface area contributed by atoms with Crippen LogP contribution in [-0.2, 0) is 4.79 Å². The second kappa shape index (κ2) is 8.31. The second-order valence-corrected chi connectivity index (χ2v) is 8.04. The first-order valence-corrected chi connectivity index (χ1v) is 10.3. The number of hydrogen-bond acceptors (Lipinski definition) is 6. The first kappa shape index (κ1) is 20.7. The van der Waals surface area contributed by atoms with E-state index in [1.54, 1.807) is 57.7 Å². The number of ether oxygens (including phenoxy) is 3. The topological polar surface area (TPSA) is 94.1 Å². The molecule has 0 saturated carbocycles. The Morgan fingerprint density at radius 3 is 2.32 bits per heavy atom. The van der Waals surface area contributed by atoms with Gasteiger partial charge in [0.05, 0.1) is 27.0 Å². The summed E-state index contributed by atoms with van der Waals surface area (Å²) in [5.74, 6) is 0.327. The molecular formula is C23H21NO6S. The summed E-state index contributed by atoms with van der Waals surface area (Å²) in [7, 11) is 4.69. The van der Waals surface area contributed by atoms with Gasteiger partial charge in [-0.15, -0.1) is 11.3 Å². The van der Waals surface area contributed by atoms with Crippen LogP contribution in [0.3, 0.4) is 0 Å². The molecule has 0 bridgehead atoms.